The van der Waals surface area contributed by atoms with Gasteiger partial charge >= 0.3 is 0 Å². The predicted molar refractivity (Wildman–Crippen MR) is 70.2 cm³/mol. The second-order valence-electron chi connectivity index (χ2n) is 5.08. The smallest absolute Gasteiger partial charge is 0.122 e. The van der Waals surface area contributed by atoms with Crippen LogP contribution < -0.4 is 10.5 Å². The van der Waals surface area contributed by atoms with Crippen molar-refractivity contribution in [2.75, 3.05) is 26.7 Å². The van der Waals surface area contributed by atoms with E-state index in [9.17, 15) is 0 Å². The van der Waals surface area contributed by atoms with Crippen LogP contribution in [0.25, 0.3) is 0 Å². The quantitative estimate of drug-likeness (QED) is 0.842. The van der Waals surface area contributed by atoms with Crippen molar-refractivity contribution in [3.63, 3.8) is 0 Å². The van der Waals surface area contributed by atoms with Gasteiger partial charge in [0.05, 0.1) is 6.61 Å². The summed E-state index contributed by atoms with van der Waals surface area (Å²) < 4.78 is 5.51. The van der Waals surface area contributed by atoms with Crippen LogP contribution in [0.3, 0.4) is 0 Å². The first kappa shape index (κ1) is 12.4. The number of ether oxygens (including phenoxy) is 1. The summed E-state index contributed by atoms with van der Waals surface area (Å²) in [6.07, 6.45) is 1.05. The molecule has 1 atom stereocenters. The second-order valence-corrected chi connectivity index (χ2v) is 5.08. The van der Waals surface area contributed by atoms with Gasteiger partial charge in [-0.1, -0.05) is 19.1 Å². The zero-order valence-corrected chi connectivity index (χ0v) is 10.8. The van der Waals surface area contributed by atoms with Crippen molar-refractivity contribution in [1.82, 2.24) is 4.90 Å². The van der Waals surface area contributed by atoms with Gasteiger partial charge in [-0.2, -0.15) is 0 Å². The lowest BCUT2D eigenvalue weighted by atomic mass is 10.1. The molecule has 3 nitrogen and oxygen atoms in total. The maximum absolute atomic E-state index is 5.64. The Bertz CT molecular complexity index is 378. The molecule has 0 saturated carbocycles. The van der Waals surface area contributed by atoms with E-state index in [4.69, 9.17) is 10.5 Å². The molecule has 1 aromatic carbocycles. The van der Waals surface area contributed by atoms with Gasteiger partial charge in [-0.25, -0.2) is 0 Å². The van der Waals surface area contributed by atoms with Crippen LogP contribution in [0.1, 0.15) is 18.1 Å². The zero-order chi connectivity index (χ0) is 12.3. The highest BCUT2D eigenvalue weighted by Gasteiger charge is 2.13. The van der Waals surface area contributed by atoms with Gasteiger partial charge in [-0.3, -0.25) is 0 Å². The first-order chi connectivity index (χ1) is 8.19. The fourth-order valence-corrected chi connectivity index (χ4v) is 2.32. The van der Waals surface area contributed by atoms with E-state index in [0.717, 1.165) is 38.4 Å². The van der Waals surface area contributed by atoms with Gasteiger partial charge in [0.1, 0.15) is 5.75 Å². The number of nitrogens with zero attached hydrogens (tertiary/aromatic N) is 1. The largest absolute Gasteiger partial charge is 0.493 e. The average Bonchev–Trinajstić information content (AvgIpc) is 2.75. The average molecular weight is 234 g/mol. The molecule has 94 valence electrons. The molecule has 17 heavy (non-hydrogen) atoms. The summed E-state index contributed by atoms with van der Waals surface area (Å²) in [6.45, 7) is 5.80. The van der Waals surface area contributed by atoms with Crippen LogP contribution >= 0.6 is 0 Å². The second kappa shape index (κ2) is 5.52. The Morgan fingerprint density at radius 1 is 1.47 bits per heavy atom. The molecule has 2 rings (SSSR count). The van der Waals surface area contributed by atoms with Crippen LogP contribution in [0, 0.1) is 5.92 Å². The monoisotopic (exact) mass is 234 g/mol. The summed E-state index contributed by atoms with van der Waals surface area (Å²) >= 11 is 0. The van der Waals surface area contributed by atoms with Gasteiger partial charge in [-0.15, -0.1) is 0 Å². The Kier molecular flexibility index (Phi) is 4.02. The molecule has 0 aromatic heterocycles. The van der Waals surface area contributed by atoms with Crippen molar-refractivity contribution < 1.29 is 4.74 Å². The maximum atomic E-state index is 5.64. The normalized spacial score (nSPS) is 15.8. The molecule has 0 saturated heterocycles. The third-order valence-corrected chi connectivity index (χ3v) is 3.23. The van der Waals surface area contributed by atoms with Crippen molar-refractivity contribution in [1.29, 1.82) is 0 Å². The summed E-state index contributed by atoms with van der Waals surface area (Å²) in [6, 6.07) is 6.53. The number of rotatable bonds is 5. The van der Waals surface area contributed by atoms with Crippen LogP contribution in [0.4, 0.5) is 0 Å². The Labute approximate surface area is 104 Å². The fraction of sp³-hybridized carbons (Fsp3) is 0.571. The van der Waals surface area contributed by atoms with Crippen LogP contribution in [0.15, 0.2) is 18.2 Å². The molecule has 1 aliphatic rings. The van der Waals surface area contributed by atoms with E-state index < -0.39 is 0 Å². The van der Waals surface area contributed by atoms with Gasteiger partial charge in [-0.05, 0) is 36.7 Å². The Morgan fingerprint density at radius 2 is 2.29 bits per heavy atom. The molecular weight excluding hydrogens is 212 g/mol. The lowest BCUT2D eigenvalue weighted by molar-refractivity contribution is 0.282. The minimum Gasteiger partial charge on any atom is -0.493 e. The lowest BCUT2D eigenvalue weighted by Gasteiger charge is -2.20. The predicted octanol–water partition coefficient (Wildman–Crippen LogP) is 1.65. The van der Waals surface area contributed by atoms with E-state index in [0.29, 0.717) is 5.92 Å². The Hall–Kier alpha value is -1.06. The first-order valence-corrected chi connectivity index (χ1v) is 6.32. The summed E-state index contributed by atoms with van der Waals surface area (Å²) in [4.78, 5) is 2.33. The standard InChI is InChI=1S/C14H22N2O/c1-11(8-15)9-16(2)10-12-3-4-14-13(7-12)5-6-17-14/h3-4,7,11H,5-6,8-10,15H2,1-2H3. The van der Waals surface area contributed by atoms with Crippen LogP contribution in [0.2, 0.25) is 0 Å². The van der Waals surface area contributed by atoms with Gasteiger partial charge in [0.2, 0.25) is 0 Å². The highest BCUT2D eigenvalue weighted by atomic mass is 16.5. The summed E-state index contributed by atoms with van der Waals surface area (Å²) in [5, 5.41) is 0. The highest BCUT2D eigenvalue weighted by Crippen LogP contribution is 2.26. The van der Waals surface area contributed by atoms with Gasteiger partial charge in [0, 0.05) is 19.5 Å². The molecule has 0 amide bonds. The van der Waals surface area contributed by atoms with Crippen LogP contribution in [-0.4, -0.2) is 31.6 Å². The van der Waals surface area contributed by atoms with Crippen LogP contribution in [-0.2, 0) is 13.0 Å². The van der Waals surface area contributed by atoms with Crippen LogP contribution in [0.5, 0.6) is 5.75 Å². The number of nitrogens with two attached hydrogens (primary N) is 1. The minimum atomic E-state index is 0.553. The maximum Gasteiger partial charge on any atom is 0.122 e. The van der Waals surface area contributed by atoms with E-state index in [-0.39, 0.29) is 0 Å². The van der Waals surface area contributed by atoms with Crippen molar-refractivity contribution in [2.24, 2.45) is 11.7 Å². The third-order valence-electron chi connectivity index (χ3n) is 3.23. The number of benzene rings is 1. The van der Waals surface area contributed by atoms with E-state index in [1.54, 1.807) is 0 Å². The SMILES string of the molecule is CC(CN)CN(C)Cc1ccc2c(c1)CCO2. The fourth-order valence-electron chi connectivity index (χ4n) is 2.32. The van der Waals surface area contributed by atoms with Crippen molar-refractivity contribution in [2.45, 2.75) is 19.9 Å². The Balaban J connectivity index is 1.94. The molecule has 3 heteroatoms. The number of hydrogen-bond donors (Lipinski definition) is 1. The van der Waals surface area contributed by atoms with E-state index >= 15 is 0 Å². The molecule has 0 aliphatic carbocycles. The van der Waals surface area contributed by atoms with Gasteiger partial charge in [0.25, 0.3) is 0 Å². The minimum absolute atomic E-state index is 0.553. The van der Waals surface area contributed by atoms with E-state index in [1.807, 2.05) is 0 Å². The molecule has 1 aromatic rings. The summed E-state index contributed by atoms with van der Waals surface area (Å²) in [5.74, 6) is 1.62. The zero-order valence-electron chi connectivity index (χ0n) is 10.8. The van der Waals surface area contributed by atoms with Gasteiger partial charge in [0.15, 0.2) is 0 Å². The van der Waals surface area contributed by atoms with Gasteiger partial charge < -0.3 is 15.4 Å². The lowest BCUT2D eigenvalue weighted by Crippen LogP contribution is -2.28. The third kappa shape index (κ3) is 3.20. The molecule has 1 aliphatic heterocycles. The summed E-state index contributed by atoms with van der Waals surface area (Å²) in [7, 11) is 2.15. The molecular formula is C14H22N2O. The molecule has 1 heterocycles. The number of hydrogen-bond acceptors (Lipinski definition) is 3. The van der Waals surface area contributed by atoms with Crippen molar-refractivity contribution in [3.8, 4) is 5.75 Å². The topological polar surface area (TPSA) is 38.5 Å². The molecule has 0 radical (unpaired) electrons. The molecule has 2 N–H and O–H groups in total. The Morgan fingerprint density at radius 3 is 3.06 bits per heavy atom. The number of fused-ring (bicyclic) bond motifs is 1. The molecule has 0 bridgehead atoms. The molecule has 0 fully saturated rings. The molecule has 0 spiro atoms. The van der Waals surface area contributed by atoms with Crippen molar-refractivity contribution in [3.05, 3.63) is 29.3 Å². The van der Waals surface area contributed by atoms with Crippen molar-refractivity contribution >= 4 is 0 Å². The molecule has 1 unspecified atom stereocenters. The van der Waals surface area contributed by atoms with E-state index in [1.165, 1.54) is 11.1 Å². The highest BCUT2D eigenvalue weighted by molar-refractivity contribution is 5.39. The first-order valence-electron chi connectivity index (χ1n) is 6.32. The van der Waals surface area contributed by atoms with E-state index in [2.05, 4.69) is 37.1 Å². The summed E-state index contributed by atoms with van der Waals surface area (Å²) in [5.41, 5.74) is 8.36.